The minimum absolute atomic E-state index is 0.0655. The van der Waals surface area contributed by atoms with Gasteiger partial charge in [-0.2, -0.15) is 0 Å². The number of aromatic hydroxyl groups is 1. The van der Waals surface area contributed by atoms with Gasteiger partial charge in [-0.15, -0.1) is 11.3 Å². The Kier molecular flexibility index (Phi) is 10.5. The second-order valence-corrected chi connectivity index (χ2v) is 14.2. The van der Waals surface area contributed by atoms with Crippen molar-refractivity contribution in [3.05, 3.63) is 101 Å². The molecule has 0 saturated carbocycles. The number of hydrogen-bond donors (Lipinski definition) is 2. The molecule has 4 amide bonds. The maximum atomic E-state index is 13.0. The van der Waals surface area contributed by atoms with Gasteiger partial charge in [0.1, 0.15) is 29.0 Å². The van der Waals surface area contributed by atoms with Crippen molar-refractivity contribution < 1.29 is 43.2 Å². The van der Waals surface area contributed by atoms with Crippen LogP contribution in [0.15, 0.2) is 89.4 Å². The summed E-state index contributed by atoms with van der Waals surface area (Å²) >= 11 is 5.06. The fourth-order valence-corrected chi connectivity index (χ4v) is 7.45. The van der Waals surface area contributed by atoms with E-state index < -0.39 is 29.7 Å². The number of benzene rings is 4. The number of carbonyl (C=O) groups is 4. The highest BCUT2D eigenvalue weighted by molar-refractivity contribution is 9.10. The number of nitrogens with one attached hydrogen (secondary N) is 1. The molecule has 2 aliphatic rings. The van der Waals surface area contributed by atoms with Crippen LogP contribution in [-0.2, 0) is 14.3 Å². The molecule has 1 saturated heterocycles. The first kappa shape index (κ1) is 35.2. The van der Waals surface area contributed by atoms with Crippen LogP contribution in [0, 0.1) is 0 Å². The summed E-state index contributed by atoms with van der Waals surface area (Å²) in [5, 5.41) is 13.1. The van der Waals surface area contributed by atoms with E-state index in [1.54, 1.807) is 29.5 Å². The number of carbonyl (C=O) groups excluding carboxylic acids is 4. The smallest absolute Gasteiger partial charge is 0.262 e. The second-order valence-electron chi connectivity index (χ2n) is 12.2. The summed E-state index contributed by atoms with van der Waals surface area (Å²) in [5.74, 6) is 0.560. The van der Waals surface area contributed by atoms with Crippen molar-refractivity contribution in [2.75, 3.05) is 26.4 Å². The van der Waals surface area contributed by atoms with Crippen LogP contribution in [0.5, 0.6) is 28.7 Å². The van der Waals surface area contributed by atoms with Crippen LogP contribution in [-0.4, -0.2) is 66.1 Å². The Labute approximate surface area is 311 Å². The third-order valence-electron chi connectivity index (χ3n) is 8.59. The molecule has 2 aliphatic heterocycles. The van der Waals surface area contributed by atoms with E-state index in [-0.39, 0.29) is 29.7 Å². The van der Waals surface area contributed by atoms with Crippen LogP contribution < -0.4 is 19.5 Å². The Balaban J connectivity index is 0.827. The van der Waals surface area contributed by atoms with Crippen molar-refractivity contribution in [3.63, 3.8) is 0 Å². The lowest BCUT2D eigenvalue weighted by atomic mass is 10.0. The zero-order valence-corrected chi connectivity index (χ0v) is 30.2. The summed E-state index contributed by atoms with van der Waals surface area (Å²) < 4.78 is 25.7. The molecule has 0 bridgehead atoms. The summed E-state index contributed by atoms with van der Waals surface area (Å²) in [6.45, 7) is 1.79. The number of phenols is 1. The van der Waals surface area contributed by atoms with Gasteiger partial charge >= 0.3 is 0 Å². The minimum atomic E-state index is -1.01. The number of hydrogen-bond acceptors (Lipinski definition) is 10. The molecule has 0 aliphatic carbocycles. The lowest BCUT2D eigenvalue weighted by Crippen LogP contribution is -2.54. The van der Waals surface area contributed by atoms with Gasteiger partial charge < -0.3 is 24.1 Å². The number of piperidine rings is 1. The molecule has 3 heterocycles. The Hall–Kier alpha value is -5.24. The van der Waals surface area contributed by atoms with Crippen LogP contribution in [0.1, 0.15) is 46.4 Å². The molecule has 2 N–H and O–H groups in total. The van der Waals surface area contributed by atoms with Gasteiger partial charge in [-0.3, -0.25) is 29.4 Å². The number of thiophene rings is 1. The monoisotopic (exact) mass is 784 g/mol. The zero-order valence-electron chi connectivity index (χ0n) is 27.8. The first-order valence-corrected chi connectivity index (χ1v) is 18.3. The number of halogens is 1. The molecular formula is C39H33BrN2O9S. The second kappa shape index (κ2) is 15.6. The number of ether oxygens (including phenoxy) is 4. The van der Waals surface area contributed by atoms with Gasteiger partial charge in [0, 0.05) is 47.0 Å². The summed E-state index contributed by atoms with van der Waals surface area (Å²) in [4.78, 5) is 51.5. The molecule has 1 aromatic heterocycles. The third kappa shape index (κ3) is 7.66. The predicted octanol–water partition coefficient (Wildman–Crippen LogP) is 7.48. The number of rotatable bonds is 14. The number of nitrogens with zero attached hydrogens (tertiary/aromatic N) is 1. The van der Waals surface area contributed by atoms with E-state index in [4.69, 9.17) is 18.9 Å². The van der Waals surface area contributed by atoms with Gasteiger partial charge in [0.15, 0.2) is 5.75 Å². The van der Waals surface area contributed by atoms with E-state index in [1.807, 2.05) is 54.6 Å². The number of amides is 4. The lowest BCUT2D eigenvalue weighted by molar-refractivity contribution is -0.136. The summed E-state index contributed by atoms with van der Waals surface area (Å²) in [7, 11) is 0. The molecule has 1 fully saturated rings. The van der Waals surface area contributed by atoms with Crippen LogP contribution in [0.4, 0.5) is 0 Å². The Morgan fingerprint density at radius 1 is 0.769 bits per heavy atom. The standard InChI is InChI=1S/C39H33BrN2O9S/c40-24-5-3-23(4-6-24)36-35(30-13-7-25(43)21-33(30)52-36)51-27-10-8-26(9-11-27)49-19-1-17-48-18-2-20-50-28-12-14-29-31(22-28)39(47)42(38(29)46)32-15-16-34(44)41-37(32)45/h3-14,21-22,32,43H,1-2,15-20H2,(H,41,44,45). The minimum Gasteiger partial charge on any atom is -0.508 e. The molecule has 266 valence electrons. The molecule has 1 atom stereocenters. The topological polar surface area (TPSA) is 141 Å². The van der Waals surface area contributed by atoms with Crippen molar-refractivity contribution in [2.24, 2.45) is 0 Å². The highest BCUT2D eigenvalue weighted by atomic mass is 79.9. The van der Waals surface area contributed by atoms with Crippen molar-refractivity contribution in [1.29, 1.82) is 0 Å². The van der Waals surface area contributed by atoms with E-state index in [2.05, 4.69) is 21.2 Å². The van der Waals surface area contributed by atoms with Crippen molar-refractivity contribution >= 4 is 61.0 Å². The summed E-state index contributed by atoms with van der Waals surface area (Å²) in [6.07, 6.45) is 1.47. The number of imide groups is 2. The van der Waals surface area contributed by atoms with Crippen LogP contribution in [0.2, 0.25) is 0 Å². The number of phenolic OH excluding ortho intramolecular Hbond substituents is 1. The maximum absolute atomic E-state index is 13.0. The van der Waals surface area contributed by atoms with E-state index in [0.717, 1.165) is 35.6 Å². The van der Waals surface area contributed by atoms with E-state index in [1.165, 1.54) is 12.1 Å². The van der Waals surface area contributed by atoms with Crippen LogP contribution >= 0.6 is 27.3 Å². The average molecular weight is 786 g/mol. The molecule has 0 spiro atoms. The molecule has 5 aromatic rings. The molecule has 7 rings (SSSR count). The zero-order chi connectivity index (χ0) is 36.2. The molecular weight excluding hydrogens is 752 g/mol. The highest BCUT2D eigenvalue weighted by Gasteiger charge is 2.44. The Bertz CT molecular complexity index is 2150. The molecule has 4 aromatic carbocycles. The fraction of sp³-hybridized carbons (Fsp3) is 0.231. The van der Waals surface area contributed by atoms with E-state index in [0.29, 0.717) is 56.5 Å². The van der Waals surface area contributed by atoms with Gasteiger partial charge in [-0.25, -0.2) is 0 Å². The van der Waals surface area contributed by atoms with Crippen molar-refractivity contribution in [1.82, 2.24) is 10.2 Å². The van der Waals surface area contributed by atoms with Gasteiger partial charge in [-0.1, -0.05) is 28.1 Å². The largest absolute Gasteiger partial charge is 0.508 e. The highest BCUT2D eigenvalue weighted by Crippen LogP contribution is 2.47. The lowest BCUT2D eigenvalue weighted by Gasteiger charge is -2.27. The Morgan fingerprint density at radius 3 is 2.17 bits per heavy atom. The van der Waals surface area contributed by atoms with Gasteiger partial charge in [0.05, 0.1) is 29.2 Å². The number of fused-ring (bicyclic) bond motifs is 2. The molecule has 0 radical (unpaired) electrons. The summed E-state index contributed by atoms with van der Waals surface area (Å²) in [5.41, 5.74) is 1.40. The fourth-order valence-electron chi connectivity index (χ4n) is 6.02. The van der Waals surface area contributed by atoms with Crippen LogP contribution in [0.25, 0.3) is 20.5 Å². The molecule has 13 heteroatoms. The molecule has 11 nitrogen and oxygen atoms in total. The first-order chi connectivity index (χ1) is 25.2. The van der Waals surface area contributed by atoms with Gasteiger partial charge in [0.25, 0.3) is 11.8 Å². The van der Waals surface area contributed by atoms with Crippen molar-refractivity contribution in [2.45, 2.75) is 31.7 Å². The van der Waals surface area contributed by atoms with Gasteiger partial charge in [0.2, 0.25) is 11.8 Å². The normalized spacial score (nSPS) is 15.6. The molecule has 1 unspecified atom stereocenters. The van der Waals surface area contributed by atoms with Crippen molar-refractivity contribution in [3.8, 4) is 39.2 Å². The summed E-state index contributed by atoms with van der Waals surface area (Å²) in [6, 6.07) is 24.4. The Morgan fingerprint density at radius 2 is 1.44 bits per heavy atom. The van der Waals surface area contributed by atoms with Gasteiger partial charge in [-0.05, 0) is 84.8 Å². The quantitative estimate of drug-likeness (QED) is 0.0866. The SMILES string of the molecule is O=C1CCC(N2C(=O)c3ccc(OCCCOCCCOc4ccc(Oc5c(-c6ccc(Br)cc6)sc6cc(O)ccc56)cc4)cc3C2=O)C(=O)N1. The average Bonchev–Trinajstić information content (AvgIpc) is 3.61. The van der Waals surface area contributed by atoms with E-state index in [9.17, 15) is 24.3 Å². The third-order valence-corrected chi connectivity index (χ3v) is 10.3. The predicted molar refractivity (Wildman–Crippen MR) is 197 cm³/mol. The van der Waals surface area contributed by atoms with E-state index >= 15 is 0 Å². The first-order valence-electron chi connectivity index (χ1n) is 16.7. The molecule has 52 heavy (non-hydrogen) atoms. The maximum Gasteiger partial charge on any atom is 0.262 e. The van der Waals surface area contributed by atoms with Crippen LogP contribution in [0.3, 0.4) is 0 Å².